The van der Waals surface area contributed by atoms with Crippen LogP contribution in [0.5, 0.6) is 0 Å². The molecule has 1 rings (SSSR count). The van der Waals surface area contributed by atoms with Gasteiger partial charge in [0, 0.05) is 12.6 Å². The smallest absolute Gasteiger partial charge is 0.328 e. The summed E-state index contributed by atoms with van der Waals surface area (Å²) >= 11 is 0. The summed E-state index contributed by atoms with van der Waals surface area (Å²) in [6, 6.07) is 1.69. The monoisotopic (exact) mass is 238 g/mol. The number of carbonyl (C=O) groups is 1. The van der Waals surface area contributed by atoms with E-state index in [4.69, 9.17) is 5.11 Å². The third-order valence-corrected chi connectivity index (χ3v) is 2.20. The molecule has 0 aliphatic rings. The number of nitrogens with one attached hydrogen (secondary N) is 2. The van der Waals surface area contributed by atoms with Crippen LogP contribution < -0.4 is 10.6 Å². The fraction of sp³-hybridized carbons (Fsp3) is 0.545. The van der Waals surface area contributed by atoms with Crippen LogP contribution in [0.15, 0.2) is 12.4 Å². The summed E-state index contributed by atoms with van der Waals surface area (Å²) in [6.07, 6.45) is 2.39. The van der Waals surface area contributed by atoms with E-state index in [1.807, 2.05) is 0 Å². The lowest BCUT2D eigenvalue weighted by molar-refractivity contribution is -0.141. The van der Waals surface area contributed by atoms with Gasteiger partial charge in [-0.15, -0.1) is 0 Å². The Labute approximate surface area is 100 Å². The predicted molar refractivity (Wildman–Crippen MR) is 66.2 cm³/mol. The number of hydrogen-bond donors (Lipinski definition) is 3. The van der Waals surface area contributed by atoms with E-state index in [0.717, 1.165) is 13.0 Å². The molecule has 1 aromatic rings. The Morgan fingerprint density at radius 1 is 1.41 bits per heavy atom. The van der Waals surface area contributed by atoms with E-state index in [-0.39, 0.29) is 0 Å². The van der Waals surface area contributed by atoms with Crippen LogP contribution in [-0.2, 0) is 4.79 Å². The van der Waals surface area contributed by atoms with Crippen molar-refractivity contribution >= 4 is 17.6 Å². The summed E-state index contributed by atoms with van der Waals surface area (Å²) in [7, 11) is 0. The number of nitrogens with zero attached hydrogens (tertiary/aromatic N) is 2. The Kier molecular flexibility index (Phi) is 4.25. The van der Waals surface area contributed by atoms with E-state index >= 15 is 0 Å². The molecule has 0 radical (unpaired) electrons. The average Bonchev–Trinajstić information content (AvgIpc) is 2.26. The maximum Gasteiger partial charge on any atom is 0.328 e. The molecule has 0 saturated heterocycles. The van der Waals surface area contributed by atoms with Gasteiger partial charge in [-0.1, -0.05) is 6.92 Å². The Bertz CT molecular complexity index is 393. The van der Waals surface area contributed by atoms with Crippen LogP contribution in [0.2, 0.25) is 0 Å². The Hall–Kier alpha value is -1.85. The molecule has 0 spiro atoms. The van der Waals surface area contributed by atoms with Gasteiger partial charge in [0.2, 0.25) is 0 Å². The molecule has 0 aromatic carbocycles. The minimum absolute atomic E-state index is 0.492. The van der Waals surface area contributed by atoms with Gasteiger partial charge in [-0.2, -0.15) is 0 Å². The zero-order valence-electron chi connectivity index (χ0n) is 10.3. The second kappa shape index (κ2) is 5.47. The normalized spacial score (nSPS) is 11.0. The average molecular weight is 238 g/mol. The van der Waals surface area contributed by atoms with Crippen molar-refractivity contribution in [1.29, 1.82) is 0 Å². The van der Waals surface area contributed by atoms with E-state index in [1.165, 1.54) is 6.33 Å². The van der Waals surface area contributed by atoms with Gasteiger partial charge in [0.25, 0.3) is 0 Å². The van der Waals surface area contributed by atoms with Crippen LogP contribution in [0.3, 0.4) is 0 Å². The van der Waals surface area contributed by atoms with Crippen molar-refractivity contribution in [3.05, 3.63) is 12.4 Å². The topological polar surface area (TPSA) is 87.1 Å². The molecule has 0 saturated carbocycles. The SMILES string of the molecule is CCCNc1cc(NC(C)(C)C(=O)O)ncn1. The summed E-state index contributed by atoms with van der Waals surface area (Å²) < 4.78 is 0. The number of aliphatic carboxylic acids is 1. The van der Waals surface area contributed by atoms with Crippen molar-refractivity contribution < 1.29 is 9.90 Å². The van der Waals surface area contributed by atoms with Gasteiger partial charge in [-0.25, -0.2) is 14.8 Å². The van der Waals surface area contributed by atoms with Crippen LogP contribution >= 0.6 is 0 Å². The van der Waals surface area contributed by atoms with Crippen molar-refractivity contribution in [2.75, 3.05) is 17.2 Å². The molecule has 0 aliphatic heterocycles. The molecule has 17 heavy (non-hydrogen) atoms. The molecular weight excluding hydrogens is 220 g/mol. The van der Waals surface area contributed by atoms with Gasteiger partial charge in [0.15, 0.2) is 0 Å². The quantitative estimate of drug-likeness (QED) is 0.697. The summed E-state index contributed by atoms with van der Waals surface area (Å²) in [4.78, 5) is 19.0. The summed E-state index contributed by atoms with van der Waals surface area (Å²) in [5, 5.41) is 14.9. The highest BCUT2D eigenvalue weighted by molar-refractivity contribution is 5.81. The number of hydrogen-bond acceptors (Lipinski definition) is 5. The van der Waals surface area contributed by atoms with E-state index in [0.29, 0.717) is 11.6 Å². The van der Waals surface area contributed by atoms with E-state index in [1.54, 1.807) is 19.9 Å². The maximum atomic E-state index is 11.0. The first-order valence-electron chi connectivity index (χ1n) is 5.53. The predicted octanol–water partition coefficient (Wildman–Crippen LogP) is 1.57. The fourth-order valence-electron chi connectivity index (χ4n) is 1.15. The highest BCUT2D eigenvalue weighted by Crippen LogP contribution is 2.15. The first-order chi connectivity index (χ1) is 7.95. The van der Waals surface area contributed by atoms with Crippen LogP contribution in [-0.4, -0.2) is 33.1 Å². The molecule has 1 aromatic heterocycles. The largest absolute Gasteiger partial charge is 0.480 e. The highest BCUT2D eigenvalue weighted by Gasteiger charge is 2.27. The molecule has 0 aliphatic carbocycles. The minimum Gasteiger partial charge on any atom is -0.480 e. The van der Waals surface area contributed by atoms with Crippen LogP contribution in [0.25, 0.3) is 0 Å². The first kappa shape index (κ1) is 13.2. The summed E-state index contributed by atoms with van der Waals surface area (Å²) in [6.45, 7) is 6.03. The third kappa shape index (κ3) is 3.90. The maximum absolute atomic E-state index is 11.0. The molecule has 6 heteroatoms. The molecule has 0 amide bonds. The molecule has 6 nitrogen and oxygen atoms in total. The van der Waals surface area contributed by atoms with Gasteiger partial charge < -0.3 is 15.7 Å². The molecule has 3 N–H and O–H groups in total. The Balaban J connectivity index is 2.75. The number of rotatable bonds is 6. The Morgan fingerprint density at radius 2 is 2.06 bits per heavy atom. The van der Waals surface area contributed by atoms with Gasteiger partial charge in [0.05, 0.1) is 0 Å². The highest BCUT2D eigenvalue weighted by atomic mass is 16.4. The second-order valence-electron chi connectivity index (χ2n) is 4.27. The van der Waals surface area contributed by atoms with Crippen molar-refractivity contribution in [3.8, 4) is 0 Å². The molecule has 94 valence electrons. The van der Waals surface area contributed by atoms with E-state index < -0.39 is 11.5 Å². The molecular formula is C11H18N4O2. The summed E-state index contributed by atoms with van der Waals surface area (Å²) in [5.41, 5.74) is -1.06. The van der Waals surface area contributed by atoms with Crippen molar-refractivity contribution in [2.45, 2.75) is 32.7 Å². The van der Waals surface area contributed by atoms with Crippen LogP contribution in [0.4, 0.5) is 11.6 Å². The van der Waals surface area contributed by atoms with Crippen molar-refractivity contribution in [2.24, 2.45) is 0 Å². The molecule has 0 bridgehead atoms. The number of carboxylic acids is 1. The van der Waals surface area contributed by atoms with E-state index in [9.17, 15) is 4.79 Å². The zero-order valence-corrected chi connectivity index (χ0v) is 10.3. The molecule has 1 heterocycles. The van der Waals surface area contributed by atoms with Crippen molar-refractivity contribution in [3.63, 3.8) is 0 Å². The van der Waals surface area contributed by atoms with Gasteiger partial charge in [0.1, 0.15) is 23.5 Å². The fourth-order valence-corrected chi connectivity index (χ4v) is 1.15. The standard InChI is InChI=1S/C11H18N4O2/c1-4-5-12-8-6-9(14-7-13-8)15-11(2,3)10(16)17/h6-7H,4-5H2,1-3H3,(H,16,17)(H2,12,13,14,15). The lowest BCUT2D eigenvalue weighted by Crippen LogP contribution is -2.40. The third-order valence-electron chi connectivity index (χ3n) is 2.20. The molecule has 0 fully saturated rings. The number of aromatic nitrogens is 2. The van der Waals surface area contributed by atoms with Crippen LogP contribution in [0.1, 0.15) is 27.2 Å². The lowest BCUT2D eigenvalue weighted by atomic mass is 10.1. The Morgan fingerprint density at radius 3 is 2.65 bits per heavy atom. The number of anilines is 2. The minimum atomic E-state index is -1.06. The summed E-state index contributed by atoms with van der Waals surface area (Å²) in [5.74, 6) is 0.246. The first-order valence-corrected chi connectivity index (χ1v) is 5.53. The molecule has 0 unspecified atom stereocenters. The molecule has 0 atom stereocenters. The second-order valence-corrected chi connectivity index (χ2v) is 4.27. The van der Waals surface area contributed by atoms with Gasteiger partial charge in [-0.05, 0) is 20.3 Å². The number of carboxylic acid groups (broad SMARTS) is 1. The van der Waals surface area contributed by atoms with Gasteiger partial charge >= 0.3 is 5.97 Å². The van der Waals surface area contributed by atoms with E-state index in [2.05, 4.69) is 27.5 Å². The van der Waals surface area contributed by atoms with Crippen molar-refractivity contribution in [1.82, 2.24) is 9.97 Å². The zero-order chi connectivity index (χ0) is 12.9. The lowest BCUT2D eigenvalue weighted by Gasteiger charge is -2.21. The van der Waals surface area contributed by atoms with Gasteiger partial charge in [-0.3, -0.25) is 0 Å². The van der Waals surface area contributed by atoms with Crippen LogP contribution in [0, 0.1) is 0 Å².